The van der Waals surface area contributed by atoms with E-state index in [1.165, 1.54) is 11.8 Å². The van der Waals surface area contributed by atoms with E-state index >= 15 is 0 Å². The molecule has 1 aliphatic heterocycles. The van der Waals surface area contributed by atoms with Crippen molar-refractivity contribution in [2.45, 2.75) is 11.4 Å². The van der Waals surface area contributed by atoms with Gasteiger partial charge in [0.05, 0.1) is 11.6 Å². The van der Waals surface area contributed by atoms with Crippen LogP contribution < -0.4 is 14.8 Å². The third-order valence-corrected chi connectivity index (χ3v) is 5.15. The monoisotopic (exact) mass is 430 g/mol. The quantitative estimate of drug-likeness (QED) is 0.611. The standard InChI is InChI=1S/C18H15BrN4O2S/c1-24-14-8-7-10(9-12(14)19)16-20-13-6-4-3-5-11(13)15-17(25-16)21-18(26-2)23-22-15/h3-9,16,20H,1-2H3. The zero-order valence-corrected chi connectivity index (χ0v) is 16.5. The predicted octanol–water partition coefficient (Wildman–Crippen LogP) is 4.53. The number of nitrogens with one attached hydrogen (secondary N) is 1. The fraction of sp³-hybridized carbons (Fsp3) is 0.167. The van der Waals surface area contributed by atoms with Gasteiger partial charge in [0, 0.05) is 16.8 Å². The highest BCUT2D eigenvalue weighted by molar-refractivity contribution is 9.10. The van der Waals surface area contributed by atoms with Crippen molar-refractivity contribution in [3.8, 4) is 22.9 Å². The Balaban J connectivity index is 1.83. The van der Waals surface area contributed by atoms with Crippen molar-refractivity contribution in [2.75, 3.05) is 18.7 Å². The van der Waals surface area contributed by atoms with Gasteiger partial charge in [-0.3, -0.25) is 0 Å². The molecule has 0 spiro atoms. The van der Waals surface area contributed by atoms with E-state index in [1.54, 1.807) is 7.11 Å². The minimum absolute atomic E-state index is 0.425. The number of ether oxygens (including phenoxy) is 2. The molecule has 2 heterocycles. The molecular formula is C18H15BrN4O2S. The maximum absolute atomic E-state index is 6.20. The van der Waals surface area contributed by atoms with Gasteiger partial charge in [0.15, 0.2) is 11.9 Å². The van der Waals surface area contributed by atoms with Crippen LogP contribution in [0.3, 0.4) is 0 Å². The molecule has 1 aliphatic rings. The molecule has 0 radical (unpaired) electrons. The van der Waals surface area contributed by atoms with Crippen molar-refractivity contribution in [1.82, 2.24) is 15.2 Å². The molecule has 6 nitrogen and oxygen atoms in total. The van der Waals surface area contributed by atoms with Crippen LogP contribution in [-0.4, -0.2) is 28.5 Å². The van der Waals surface area contributed by atoms with Crippen molar-refractivity contribution in [1.29, 1.82) is 0 Å². The van der Waals surface area contributed by atoms with Crippen LogP contribution in [-0.2, 0) is 0 Å². The summed E-state index contributed by atoms with van der Waals surface area (Å²) < 4.78 is 12.4. The Morgan fingerprint density at radius 3 is 2.81 bits per heavy atom. The van der Waals surface area contributed by atoms with Crippen molar-refractivity contribution in [3.63, 3.8) is 0 Å². The van der Waals surface area contributed by atoms with Gasteiger partial charge in [0.1, 0.15) is 5.75 Å². The van der Waals surface area contributed by atoms with Crippen LogP contribution >= 0.6 is 27.7 Å². The molecule has 2 aromatic carbocycles. The number of aromatic nitrogens is 3. The summed E-state index contributed by atoms with van der Waals surface area (Å²) in [7, 11) is 1.64. The molecule has 0 amide bonds. The summed E-state index contributed by atoms with van der Waals surface area (Å²) in [4.78, 5) is 4.51. The number of benzene rings is 2. The number of hydrogen-bond donors (Lipinski definition) is 1. The third kappa shape index (κ3) is 3.10. The average Bonchev–Trinajstić information content (AvgIpc) is 2.84. The van der Waals surface area contributed by atoms with Crippen LogP contribution in [0.25, 0.3) is 11.3 Å². The molecule has 0 fully saturated rings. The van der Waals surface area contributed by atoms with Crippen molar-refractivity contribution in [2.24, 2.45) is 0 Å². The Morgan fingerprint density at radius 1 is 1.19 bits per heavy atom. The Kier molecular flexibility index (Phi) is 4.69. The summed E-state index contributed by atoms with van der Waals surface area (Å²) in [5.41, 5.74) is 3.38. The number of anilines is 1. The van der Waals surface area contributed by atoms with Crippen LogP contribution in [0.1, 0.15) is 11.8 Å². The number of fused-ring (bicyclic) bond motifs is 3. The summed E-state index contributed by atoms with van der Waals surface area (Å²) >= 11 is 4.96. The topological polar surface area (TPSA) is 69.2 Å². The molecule has 132 valence electrons. The molecule has 1 N–H and O–H groups in total. The van der Waals surface area contributed by atoms with Crippen LogP contribution in [0.4, 0.5) is 5.69 Å². The Morgan fingerprint density at radius 2 is 2.04 bits per heavy atom. The largest absolute Gasteiger partial charge is 0.496 e. The molecule has 0 bridgehead atoms. The zero-order chi connectivity index (χ0) is 18.1. The van der Waals surface area contributed by atoms with Crippen LogP contribution in [0, 0.1) is 0 Å². The summed E-state index contributed by atoms with van der Waals surface area (Å²) in [5.74, 6) is 1.22. The lowest BCUT2D eigenvalue weighted by atomic mass is 10.1. The van der Waals surface area contributed by atoms with Gasteiger partial charge in [0.2, 0.25) is 11.0 Å². The van der Waals surface area contributed by atoms with Crippen molar-refractivity contribution >= 4 is 33.4 Å². The smallest absolute Gasteiger partial charge is 0.247 e. The summed E-state index contributed by atoms with van der Waals surface area (Å²) in [5, 5.41) is 12.5. The summed E-state index contributed by atoms with van der Waals surface area (Å²) in [6, 6.07) is 13.7. The molecule has 1 aromatic heterocycles. The first-order chi connectivity index (χ1) is 12.7. The molecule has 4 rings (SSSR count). The molecule has 1 unspecified atom stereocenters. The van der Waals surface area contributed by atoms with E-state index in [-0.39, 0.29) is 0 Å². The fourth-order valence-corrected chi connectivity index (χ4v) is 3.59. The van der Waals surface area contributed by atoms with E-state index in [4.69, 9.17) is 9.47 Å². The van der Waals surface area contributed by atoms with E-state index in [9.17, 15) is 0 Å². The molecule has 0 saturated heterocycles. The van der Waals surface area contributed by atoms with E-state index in [0.717, 1.165) is 27.0 Å². The molecular weight excluding hydrogens is 416 g/mol. The number of methoxy groups -OCH3 is 1. The number of thioether (sulfide) groups is 1. The first kappa shape index (κ1) is 17.1. The second-order valence-electron chi connectivity index (χ2n) is 5.53. The van der Waals surface area contributed by atoms with Gasteiger partial charge in [-0.1, -0.05) is 30.0 Å². The number of hydrogen-bond acceptors (Lipinski definition) is 7. The first-order valence-electron chi connectivity index (χ1n) is 7.84. The number of para-hydroxylation sites is 1. The average molecular weight is 431 g/mol. The van der Waals surface area contributed by atoms with Crippen LogP contribution in [0.2, 0.25) is 0 Å². The third-order valence-electron chi connectivity index (χ3n) is 3.99. The highest BCUT2D eigenvalue weighted by Gasteiger charge is 2.26. The van der Waals surface area contributed by atoms with Crippen molar-refractivity contribution in [3.05, 3.63) is 52.5 Å². The SMILES string of the molecule is COc1ccc(C2Nc3ccccc3-c3nnc(SC)nc3O2)cc1Br. The van der Waals surface area contributed by atoms with Gasteiger partial charge in [0.25, 0.3) is 0 Å². The second kappa shape index (κ2) is 7.13. The zero-order valence-electron chi connectivity index (χ0n) is 14.1. The minimum atomic E-state index is -0.425. The number of nitrogens with zero attached hydrogens (tertiary/aromatic N) is 3. The fourth-order valence-electron chi connectivity index (χ4n) is 2.73. The van der Waals surface area contributed by atoms with Crippen LogP contribution in [0.5, 0.6) is 11.6 Å². The molecule has 0 saturated carbocycles. The van der Waals surface area contributed by atoms with E-state index in [2.05, 4.69) is 36.4 Å². The van der Waals surface area contributed by atoms with E-state index in [1.807, 2.05) is 48.7 Å². The number of halogens is 1. The highest BCUT2D eigenvalue weighted by atomic mass is 79.9. The first-order valence-corrected chi connectivity index (χ1v) is 9.86. The lowest BCUT2D eigenvalue weighted by molar-refractivity contribution is 0.225. The lowest BCUT2D eigenvalue weighted by Crippen LogP contribution is -2.17. The Labute approximate surface area is 163 Å². The van der Waals surface area contributed by atoms with Gasteiger partial charge < -0.3 is 14.8 Å². The summed E-state index contributed by atoms with van der Waals surface area (Å²) in [6.45, 7) is 0. The Bertz CT molecular complexity index is 970. The van der Waals surface area contributed by atoms with E-state index < -0.39 is 6.23 Å². The summed E-state index contributed by atoms with van der Waals surface area (Å²) in [6.07, 6.45) is 1.48. The lowest BCUT2D eigenvalue weighted by Gasteiger charge is -2.20. The molecule has 26 heavy (non-hydrogen) atoms. The normalized spacial score (nSPS) is 15.1. The van der Waals surface area contributed by atoms with Crippen LogP contribution in [0.15, 0.2) is 52.1 Å². The Hall–Kier alpha value is -2.32. The predicted molar refractivity (Wildman–Crippen MR) is 105 cm³/mol. The minimum Gasteiger partial charge on any atom is -0.496 e. The van der Waals surface area contributed by atoms with Gasteiger partial charge in [-0.15, -0.1) is 10.2 Å². The van der Waals surface area contributed by atoms with E-state index in [0.29, 0.717) is 16.7 Å². The number of rotatable bonds is 3. The van der Waals surface area contributed by atoms with Gasteiger partial charge in [-0.05, 0) is 46.5 Å². The van der Waals surface area contributed by atoms with Gasteiger partial charge >= 0.3 is 0 Å². The highest BCUT2D eigenvalue weighted by Crippen LogP contribution is 2.40. The van der Waals surface area contributed by atoms with Crippen molar-refractivity contribution < 1.29 is 9.47 Å². The molecule has 3 aromatic rings. The molecule has 0 aliphatic carbocycles. The maximum Gasteiger partial charge on any atom is 0.247 e. The second-order valence-corrected chi connectivity index (χ2v) is 7.16. The van der Waals surface area contributed by atoms with Gasteiger partial charge in [-0.2, -0.15) is 4.98 Å². The van der Waals surface area contributed by atoms with Gasteiger partial charge in [-0.25, -0.2) is 0 Å². The maximum atomic E-state index is 6.20. The molecule has 1 atom stereocenters. The molecule has 8 heteroatoms.